The third kappa shape index (κ3) is 4.61. The van der Waals surface area contributed by atoms with E-state index in [1.807, 2.05) is 0 Å². The van der Waals surface area contributed by atoms with Crippen LogP contribution in [-0.4, -0.2) is 23.6 Å². The zero-order chi connectivity index (χ0) is 15.2. The molecule has 0 aliphatic heterocycles. The molecule has 1 amide bonds. The average Bonchev–Trinajstić information content (AvgIpc) is 2.47. The second-order valence-electron chi connectivity index (χ2n) is 4.18. The number of hydrogen-bond donors (Lipinski definition) is 2. The van der Waals surface area contributed by atoms with Gasteiger partial charge in [-0.05, 0) is 42.5 Å². The van der Waals surface area contributed by atoms with E-state index in [2.05, 4.69) is 21.2 Å². The number of amides is 1. The van der Waals surface area contributed by atoms with Crippen LogP contribution in [0.25, 0.3) is 0 Å². The first kappa shape index (κ1) is 15.1. The van der Waals surface area contributed by atoms with Gasteiger partial charge in [-0.25, -0.2) is 4.79 Å². The Bertz CT molecular complexity index is 655. The molecule has 0 aliphatic rings. The van der Waals surface area contributed by atoms with Gasteiger partial charge < -0.3 is 15.2 Å². The summed E-state index contributed by atoms with van der Waals surface area (Å²) in [6.07, 6.45) is 0. The number of phenolic OH excluding ortho intramolecular Hbond substituents is 1. The van der Waals surface area contributed by atoms with E-state index in [4.69, 9.17) is 4.74 Å². The number of benzene rings is 2. The summed E-state index contributed by atoms with van der Waals surface area (Å²) in [5.74, 6) is -1.15. The van der Waals surface area contributed by atoms with Crippen LogP contribution in [-0.2, 0) is 9.53 Å². The van der Waals surface area contributed by atoms with Crippen molar-refractivity contribution < 1.29 is 19.4 Å². The molecule has 2 rings (SSSR count). The van der Waals surface area contributed by atoms with Crippen molar-refractivity contribution in [3.63, 3.8) is 0 Å². The molecule has 21 heavy (non-hydrogen) atoms. The van der Waals surface area contributed by atoms with Gasteiger partial charge in [0, 0.05) is 10.2 Å². The van der Waals surface area contributed by atoms with Crippen LogP contribution in [0.4, 0.5) is 5.69 Å². The first-order valence-corrected chi connectivity index (χ1v) is 6.85. The first-order chi connectivity index (χ1) is 10.0. The summed E-state index contributed by atoms with van der Waals surface area (Å²) in [6, 6.07) is 12.7. The maximum Gasteiger partial charge on any atom is 0.338 e. The lowest BCUT2D eigenvalue weighted by atomic mass is 10.2. The number of carbonyl (C=O) groups is 2. The molecule has 0 atom stereocenters. The number of phenols is 1. The van der Waals surface area contributed by atoms with Crippen molar-refractivity contribution >= 4 is 33.5 Å². The zero-order valence-corrected chi connectivity index (χ0v) is 12.5. The molecular formula is C15H12BrNO4. The topological polar surface area (TPSA) is 75.6 Å². The molecule has 0 heterocycles. The van der Waals surface area contributed by atoms with Crippen molar-refractivity contribution in [2.45, 2.75) is 0 Å². The normalized spacial score (nSPS) is 9.95. The maximum absolute atomic E-state index is 11.7. The molecule has 0 aromatic heterocycles. The van der Waals surface area contributed by atoms with E-state index in [0.717, 1.165) is 4.47 Å². The van der Waals surface area contributed by atoms with E-state index >= 15 is 0 Å². The van der Waals surface area contributed by atoms with Crippen molar-refractivity contribution in [1.29, 1.82) is 0 Å². The van der Waals surface area contributed by atoms with Crippen LogP contribution in [0.5, 0.6) is 5.75 Å². The number of hydrogen-bond acceptors (Lipinski definition) is 4. The van der Waals surface area contributed by atoms with Crippen LogP contribution in [0.3, 0.4) is 0 Å². The van der Waals surface area contributed by atoms with Crippen molar-refractivity contribution in [1.82, 2.24) is 0 Å². The molecule has 0 aliphatic carbocycles. The molecule has 0 bridgehead atoms. The van der Waals surface area contributed by atoms with Gasteiger partial charge in [-0.2, -0.15) is 0 Å². The molecule has 0 fully saturated rings. The van der Waals surface area contributed by atoms with Crippen LogP contribution in [0, 0.1) is 0 Å². The van der Waals surface area contributed by atoms with Gasteiger partial charge in [0.25, 0.3) is 5.91 Å². The van der Waals surface area contributed by atoms with Crippen LogP contribution >= 0.6 is 15.9 Å². The monoisotopic (exact) mass is 349 g/mol. The minimum absolute atomic E-state index is 0.0382. The Balaban J connectivity index is 1.86. The van der Waals surface area contributed by atoms with Crippen LogP contribution in [0.15, 0.2) is 53.0 Å². The van der Waals surface area contributed by atoms with Gasteiger partial charge in [0.15, 0.2) is 6.61 Å². The van der Waals surface area contributed by atoms with Gasteiger partial charge in [-0.1, -0.05) is 22.0 Å². The average molecular weight is 350 g/mol. The Morgan fingerprint density at radius 1 is 1.14 bits per heavy atom. The summed E-state index contributed by atoms with van der Waals surface area (Å²) >= 11 is 3.29. The van der Waals surface area contributed by atoms with Crippen molar-refractivity contribution in [3.8, 4) is 5.75 Å². The summed E-state index contributed by atoms with van der Waals surface area (Å²) in [7, 11) is 0. The van der Waals surface area contributed by atoms with Crippen molar-refractivity contribution in [2.24, 2.45) is 0 Å². The minimum atomic E-state index is -0.670. The fraction of sp³-hybridized carbons (Fsp3) is 0.0667. The fourth-order valence-corrected chi connectivity index (χ4v) is 1.84. The third-order valence-corrected chi connectivity index (χ3v) is 3.07. The fourth-order valence-electron chi connectivity index (χ4n) is 1.58. The minimum Gasteiger partial charge on any atom is -0.508 e. The predicted molar refractivity (Wildman–Crippen MR) is 81.2 cm³/mol. The number of carbonyl (C=O) groups excluding carboxylic acids is 2. The summed E-state index contributed by atoms with van der Waals surface area (Å²) in [4.78, 5) is 23.3. The van der Waals surface area contributed by atoms with Crippen molar-refractivity contribution in [3.05, 3.63) is 58.6 Å². The second-order valence-corrected chi connectivity index (χ2v) is 5.10. The standard InChI is InChI=1S/C15H12BrNO4/c16-11-4-6-12(7-5-11)17-14(19)9-21-15(20)10-2-1-3-13(18)8-10/h1-8,18H,9H2,(H,17,19). The Morgan fingerprint density at radius 2 is 1.86 bits per heavy atom. The molecule has 2 aromatic rings. The van der Waals surface area contributed by atoms with Gasteiger partial charge in [-0.15, -0.1) is 0 Å². The van der Waals surface area contributed by atoms with Crippen LogP contribution in [0.1, 0.15) is 10.4 Å². The quantitative estimate of drug-likeness (QED) is 0.832. The first-order valence-electron chi connectivity index (χ1n) is 6.06. The summed E-state index contributed by atoms with van der Waals surface area (Å²) in [6.45, 7) is -0.398. The molecule has 2 aromatic carbocycles. The van der Waals surface area contributed by atoms with E-state index in [1.54, 1.807) is 24.3 Å². The predicted octanol–water partition coefficient (Wildman–Crippen LogP) is 2.95. The summed E-state index contributed by atoms with van der Waals surface area (Å²) < 4.78 is 5.77. The number of aromatic hydroxyl groups is 1. The highest BCUT2D eigenvalue weighted by molar-refractivity contribution is 9.10. The van der Waals surface area contributed by atoms with Gasteiger partial charge in [-0.3, -0.25) is 4.79 Å². The number of esters is 1. The highest BCUT2D eigenvalue weighted by Crippen LogP contribution is 2.14. The summed E-state index contributed by atoms with van der Waals surface area (Å²) in [5, 5.41) is 11.9. The van der Waals surface area contributed by atoms with Gasteiger partial charge >= 0.3 is 5.97 Å². The third-order valence-electron chi connectivity index (χ3n) is 2.54. The van der Waals surface area contributed by atoms with Gasteiger partial charge in [0.2, 0.25) is 0 Å². The maximum atomic E-state index is 11.7. The summed E-state index contributed by atoms with van der Waals surface area (Å²) in [5.41, 5.74) is 0.794. The molecule has 0 saturated carbocycles. The molecule has 2 N–H and O–H groups in total. The number of halogens is 1. The lowest BCUT2D eigenvalue weighted by molar-refractivity contribution is -0.119. The molecule has 6 heteroatoms. The highest BCUT2D eigenvalue weighted by Gasteiger charge is 2.10. The Kier molecular flexibility index (Phi) is 4.94. The number of rotatable bonds is 4. The molecule has 108 valence electrons. The van der Waals surface area contributed by atoms with Gasteiger partial charge in [0.05, 0.1) is 5.56 Å². The van der Waals surface area contributed by atoms with Crippen LogP contribution < -0.4 is 5.32 Å². The lowest BCUT2D eigenvalue weighted by Gasteiger charge is -2.07. The second kappa shape index (κ2) is 6.90. The Hall–Kier alpha value is -2.34. The molecular weight excluding hydrogens is 338 g/mol. The van der Waals surface area contributed by atoms with E-state index in [0.29, 0.717) is 5.69 Å². The molecule has 5 nitrogen and oxygen atoms in total. The van der Waals surface area contributed by atoms with E-state index in [1.165, 1.54) is 24.3 Å². The number of anilines is 1. The highest BCUT2D eigenvalue weighted by atomic mass is 79.9. The van der Waals surface area contributed by atoms with E-state index < -0.39 is 18.5 Å². The van der Waals surface area contributed by atoms with E-state index in [9.17, 15) is 14.7 Å². The molecule has 0 radical (unpaired) electrons. The SMILES string of the molecule is O=C(COC(=O)c1cccc(O)c1)Nc1ccc(Br)cc1. The smallest absolute Gasteiger partial charge is 0.338 e. The Labute approximate surface area is 129 Å². The molecule has 0 spiro atoms. The number of nitrogens with one attached hydrogen (secondary N) is 1. The molecule has 0 unspecified atom stereocenters. The Morgan fingerprint density at radius 3 is 2.52 bits per heavy atom. The largest absolute Gasteiger partial charge is 0.508 e. The zero-order valence-electron chi connectivity index (χ0n) is 10.9. The van der Waals surface area contributed by atoms with Gasteiger partial charge in [0.1, 0.15) is 5.75 Å². The number of ether oxygens (including phenoxy) is 1. The van der Waals surface area contributed by atoms with Crippen LogP contribution in [0.2, 0.25) is 0 Å². The lowest BCUT2D eigenvalue weighted by Crippen LogP contribution is -2.20. The molecule has 0 saturated heterocycles. The van der Waals surface area contributed by atoms with E-state index in [-0.39, 0.29) is 11.3 Å². The van der Waals surface area contributed by atoms with Crippen molar-refractivity contribution in [2.75, 3.05) is 11.9 Å².